The number of nitrogens with zero attached hydrogens (tertiary/aromatic N) is 2. The standard InChI is InChI=1S/C9H16N2O2S/c1-7(2)14(12,13)6-9-5-10-8(3)11(9)4/h5,7H,6H2,1-4H3. The van der Waals surface area contributed by atoms with Crippen LogP contribution in [-0.4, -0.2) is 23.2 Å². The first-order valence-corrected chi connectivity index (χ1v) is 6.25. The maximum atomic E-state index is 11.6. The maximum Gasteiger partial charge on any atom is 0.158 e. The van der Waals surface area contributed by atoms with E-state index in [0.717, 1.165) is 11.5 Å². The summed E-state index contributed by atoms with van der Waals surface area (Å²) in [5.41, 5.74) is 0.746. The van der Waals surface area contributed by atoms with Crippen LogP contribution in [0.2, 0.25) is 0 Å². The molecule has 0 aliphatic carbocycles. The van der Waals surface area contributed by atoms with Crippen molar-refractivity contribution in [2.24, 2.45) is 7.05 Å². The molecule has 0 N–H and O–H groups in total. The Hall–Kier alpha value is -0.840. The van der Waals surface area contributed by atoms with E-state index in [-0.39, 0.29) is 11.0 Å². The van der Waals surface area contributed by atoms with Gasteiger partial charge >= 0.3 is 0 Å². The van der Waals surface area contributed by atoms with E-state index in [1.807, 2.05) is 14.0 Å². The minimum Gasteiger partial charge on any atom is -0.334 e. The second-order valence-electron chi connectivity index (χ2n) is 3.71. The molecule has 0 spiro atoms. The third kappa shape index (κ3) is 2.15. The monoisotopic (exact) mass is 216 g/mol. The molecule has 80 valence electrons. The van der Waals surface area contributed by atoms with Gasteiger partial charge < -0.3 is 4.57 Å². The number of hydrogen-bond donors (Lipinski definition) is 0. The molecule has 1 heterocycles. The van der Waals surface area contributed by atoms with Gasteiger partial charge in [0.2, 0.25) is 0 Å². The molecule has 1 rings (SSSR count). The van der Waals surface area contributed by atoms with Gasteiger partial charge in [-0.25, -0.2) is 13.4 Å². The third-order valence-corrected chi connectivity index (χ3v) is 4.52. The normalized spacial score (nSPS) is 12.4. The zero-order valence-electron chi connectivity index (χ0n) is 8.98. The summed E-state index contributed by atoms with van der Waals surface area (Å²) in [4.78, 5) is 4.06. The molecule has 14 heavy (non-hydrogen) atoms. The summed E-state index contributed by atoms with van der Waals surface area (Å²) >= 11 is 0. The van der Waals surface area contributed by atoms with Gasteiger partial charge in [-0.15, -0.1) is 0 Å². The van der Waals surface area contributed by atoms with Crippen LogP contribution in [0.4, 0.5) is 0 Å². The van der Waals surface area contributed by atoms with Crippen LogP contribution >= 0.6 is 0 Å². The molecule has 0 aliphatic rings. The van der Waals surface area contributed by atoms with E-state index >= 15 is 0 Å². The van der Waals surface area contributed by atoms with Crippen molar-refractivity contribution in [1.29, 1.82) is 0 Å². The van der Waals surface area contributed by atoms with Crippen LogP contribution < -0.4 is 0 Å². The van der Waals surface area contributed by atoms with Crippen molar-refractivity contribution >= 4 is 9.84 Å². The zero-order valence-corrected chi connectivity index (χ0v) is 9.80. The highest BCUT2D eigenvalue weighted by molar-refractivity contribution is 7.91. The highest BCUT2D eigenvalue weighted by Gasteiger charge is 2.18. The zero-order chi connectivity index (χ0) is 10.9. The number of sulfone groups is 1. The molecule has 0 saturated carbocycles. The van der Waals surface area contributed by atoms with Crippen LogP contribution in [0, 0.1) is 6.92 Å². The Morgan fingerprint density at radius 3 is 2.43 bits per heavy atom. The lowest BCUT2D eigenvalue weighted by atomic mass is 10.5. The molecule has 0 unspecified atom stereocenters. The summed E-state index contributed by atoms with van der Waals surface area (Å²) in [6.07, 6.45) is 1.62. The molecule has 4 nitrogen and oxygen atoms in total. The average molecular weight is 216 g/mol. The molecule has 1 aromatic heterocycles. The van der Waals surface area contributed by atoms with Gasteiger partial charge in [-0.2, -0.15) is 0 Å². The lowest BCUT2D eigenvalue weighted by Crippen LogP contribution is -2.17. The highest BCUT2D eigenvalue weighted by Crippen LogP contribution is 2.11. The first-order valence-electron chi connectivity index (χ1n) is 4.53. The smallest absolute Gasteiger partial charge is 0.158 e. The molecule has 0 atom stereocenters. The Kier molecular flexibility index (Phi) is 2.99. The van der Waals surface area contributed by atoms with Gasteiger partial charge in [0.15, 0.2) is 9.84 Å². The average Bonchev–Trinajstić information content (AvgIpc) is 2.35. The Bertz CT molecular complexity index is 418. The summed E-state index contributed by atoms with van der Waals surface area (Å²) in [5.74, 6) is 0.904. The molecular formula is C9H16N2O2S. The van der Waals surface area contributed by atoms with E-state index in [4.69, 9.17) is 0 Å². The van der Waals surface area contributed by atoms with Gasteiger partial charge in [-0.3, -0.25) is 0 Å². The van der Waals surface area contributed by atoms with Gasteiger partial charge in [0, 0.05) is 13.2 Å². The van der Waals surface area contributed by atoms with Crippen LogP contribution in [0.3, 0.4) is 0 Å². The fourth-order valence-corrected chi connectivity index (χ4v) is 2.07. The molecule has 0 bridgehead atoms. The number of imidazole rings is 1. The molecule has 1 aromatic rings. The largest absolute Gasteiger partial charge is 0.334 e. The first kappa shape index (κ1) is 11.2. The molecule has 0 aliphatic heterocycles. The topological polar surface area (TPSA) is 52.0 Å². The van der Waals surface area contributed by atoms with E-state index in [1.54, 1.807) is 24.6 Å². The Labute approximate surface area is 84.9 Å². The molecule has 0 saturated heterocycles. The predicted molar refractivity (Wildman–Crippen MR) is 55.7 cm³/mol. The van der Waals surface area contributed by atoms with E-state index in [2.05, 4.69) is 4.98 Å². The van der Waals surface area contributed by atoms with Gasteiger partial charge in [0.05, 0.1) is 16.7 Å². The number of rotatable bonds is 3. The van der Waals surface area contributed by atoms with Crippen molar-refractivity contribution < 1.29 is 8.42 Å². The number of aryl methyl sites for hydroxylation is 1. The van der Waals surface area contributed by atoms with E-state index in [0.29, 0.717) is 0 Å². The van der Waals surface area contributed by atoms with E-state index in [1.165, 1.54) is 0 Å². The Balaban J connectivity index is 2.96. The van der Waals surface area contributed by atoms with E-state index in [9.17, 15) is 8.42 Å². The predicted octanol–water partition coefficient (Wildman–Crippen LogP) is 1.05. The van der Waals surface area contributed by atoms with E-state index < -0.39 is 9.84 Å². The minimum atomic E-state index is -3.02. The molecule has 5 heteroatoms. The quantitative estimate of drug-likeness (QED) is 0.759. The molecule has 0 fully saturated rings. The minimum absolute atomic E-state index is 0.0714. The van der Waals surface area contributed by atoms with Crippen molar-refractivity contribution in [2.75, 3.05) is 0 Å². The number of hydrogen-bond acceptors (Lipinski definition) is 3. The van der Waals surface area contributed by atoms with Crippen LogP contribution in [-0.2, 0) is 22.6 Å². The Morgan fingerprint density at radius 1 is 1.50 bits per heavy atom. The van der Waals surface area contributed by atoms with Crippen LogP contribution in [0.1, 0.15) is 25.4 Å². The van der Waals surface area contributed by atoms with Crippen molar-refractivity contribution in [1.82, 2.24) is 9.55 Å². The summed E-state index contributed by atoms with van der Waals surface area (Å²) in [6.45, 7) is 5.24. The van der Waals surface area contributed by atoms with Crippen molar-refractivity contribution in [3.63, 3.8) is 0 Å². The second kappa shape index (κ2) is 3.73. The fourth-order valence-electron chi connectivity index (χ4n) is 1.06. The maximum absolute atomic E-state index is 11.6. The van der Waals surface area contributed by atoms with Crippen molar-refractivity contribution in [3.8, 4) is 0 Å². The number of aromatic nitrogens is 2. The second-order valence-corrected chi connectivity index (χ2v) is 6.27. The summed E-state index contributed by atoms with van der Waals surface area (Å²) in [5, 5.41) is -0.335. The van der Waals surface area contributed by atoms with Gasteiger partial charge in [0.1, 0.15) is 5.82 Å². The van der Waals surface area contributed by atoms with Crippen LogP contribution in [0.5, 0.6) is 0 Å². The van der Waals surface area contributed by atoms with Gasteiger partial charge in [-0.1, -0.05) is 0 Å². The highest BCUT2D eigenvalue weighted by atomic mass is 32.2. The van der Waals surface area contributed by atoms with Gasteiger partial charge in [0.25, 0.3) is 0 Å². The SMILES string of the molecule is Cc1ncc(CS(=O)(=O)C(C)C)n1C. The van der Waals surface area contributed by atoms with Crippen molar-refractivity contribution in [2.45, 2.75) is 31.8 Å². The third-order valence-electron chi connectivity index (χ3n) is 2.38. The summed E-state index contributed by atoms with van der Waals surface area (Å²) < 4.78 is 25.0. The first-order chi connectivity index (χ1) is 6.34. The lowest BCUT2D eigenvalue weighted by molar-refractivity contribution is 0.584. The van der Waals surface area contributed by atoms with Crippen molar-refractivity contribution in [3.05, 3.63) is 17.7 Å². The molecular weight excluding hydrogens is 200 g/mol. The summed E-state index contributed by atoms with van der Waals surface area (Å²) in [6, 6.07) is 0. The van der Waals surface area contributed by atoms with Gasteiger partial charge in [-0.05, 0) is 20.8 Å². The van der Waals surface area contributed by atoms with Crippen LogP contribution in [0.25, 0.3) is 0 Å². The van der Waals surface area contributed by atoms with Crippen LogP contribution in [0.15, 0.2) is 6.20 Å². The molecule has 0 amide bonds. The summed E-state index contributed by atoms with van der Waals surface area (Å²) in [7, 11) is -1.19. The molecule has 0 aromatic carbocycles. The fraction of sp³-hybridized carbons (Fsp3) is 0.667. The Morgan fingerprint density at radius 2 is 2.07 bits per heavy atom. The molecule has 0 radical (unpaired) electrons. The lowest BCUT2D eigenvalue weighted by Gasteiger charge is -2.08.